The van der Waals surface area contributed by atoms with Gasteiger partial charge in [-0.05, 0) is 56.7 Å². The second-order valence-electron chi connectivity index (χ2n) is 7.76. The average Bonchev–Trinajstić information content (AvgIpc) is 3.25. The zero-order chi connectivity index (χ0) is 22.8. The van der Waals surface area contributed by atoms with Gasteiger partial charge in [0.05, 0.1) is 18.8 Å². The Balaban J connectivity index is 1.44. The number of aromatic nitrogens is 4. The Kier molecular flexibility index (Phi) is 6.10. The van der Waals surface area contributed by atoms with E-state index in [0.29, 0.717) is 28.5 Å². The minimum Gasteiger partial charge on any atom is -0.305 e. The summed E-state index contributed by atoms with van der Waals surface area (Å²) in [5.41, 5.74) is 4.77. The molecule has 0 saturated heterocycles. The fraction of sp³-hybridized carbons (Fsp3) is 0.208. The Hall–Kier alpha value is -3.45. The molecular formula is C24H23ClFN5O. The van der Waals surface area contributed by atoms with E-state index in [-0.39, 0.29) is 12.5 Å². The van der Waals surface area contributed by atoms with E-state index in [4.69, 9.17) is 11.6 Å². The normalized spacial score (nSPS) is 11.0. The molecule has 0 unspecified atom stereocenters. The fourth-order valence-electron chi connectivity index (χ4n) is 3.52. The zero-order valence-electron chi connectivity index (χ0n) is 18.1. The van der Waals surface area contributed by atoms with Crippen molar-refractivity contribution in [3.05, 3.63) is 99.2 Å². The SMILES string of the molecule is Cc1cc(C)n(Cc2ccc(C(=O)Nc3cc(C)n(Cc4c(F)cccc4Cl)n3)cc2)n1. The Morgan fingerprint density at radius 2 is 1.66 bits per heavy atom. The number of benzene rings is 2. The number of anilines is 1. The van der Waals surface area contributed by atoms with Crippen LogP contribution in [0.2, 0.25) is 5.02 Å². The van der Waals surface area contributed by atoms with Crippen LogP contribution in [0.25, 0.3) is 0 Å². The van der Waals surface area contributed by atoms with Crippen molar-refractivity contribution < 1.29 is 9.18 Å². The highest BCUT2D eigenvalue weighted by Gasteiger charge is 2.13. The second-order valence-corrected chi connectivity index (χ2v) is 8.17. The summed E-state index contributed by atoms with van der Waals surface area (Å²) in [6.45, 7) is 6.64. The van der Waals surface area contributed by atoms with Gasteiger partial charge in [-0.1, -0.05) is 29.8 Å². The molecule has 0 spiro atoms. The molecular weight excluding hydrogens is 429 g/mol. The van der Waals surface area contributed by atoms with Gasteiger partial charge in [0.25, 0.3) is 5.91 Å². The second kappa shape index (κ2) is 8.96. The highest BCUT2D eigenvalue weighted by atomic mass is 35.5. The Morgan fingerprint density at radius 3 is 2.31 bits per heavy atom. The Bertz CT molecular complexity index is 1260. The molecule has 0 saturated carbocycles. The van der Waals surface area contributed by atoms with Gasteiger partial charge < -0.3 is 5.32 Å². The number of halogens is 2. The third-order valence-electron chi connectivity index (χ3n) is 5.24. The summed E-state index contributed by atoms with van der Waals surface area (Å²) >= 11 is 6.12. The van der Waals surface area contributed by atoms with Crippen LogP contribution in [-0.2, 0) is 13.1 Å². The van der Waals surface area contributed by atoms with E-state index in [1.54, 1.807) is 35.0 Å². The van der Waals surface area contributed by atoms with E-state index in [0.717, 1.165) is 22.6 Å². The molecule has 1 amide bonds. The number of nitrogens with zero attached hydrogens (tertiary/aromatic N) is 4. The van der Waals surface area contributed by atoms with E-state index < -0.39 is 5.82 Å². The van der Waals surface area contributed by atoms with Crippen LogP contribution in [0, 0.1) is 26.6 Å². The van der Waals surface area contributed by atoms with Gasteiger partial charge in [-0.2, -0.15) is 10.2 Å². The van der Waals surface area contributed by atoms with Crippen LogP contribution in [0.3, 0.4) is 0 Å². The molecule has 0 bridgehead atoms. The molecule has 4 rings (SSSR count). The number of nitrogens with one attached hydrogen (secondary N) is 1. The first kappa shape index (κ1) is 21.8. The molecule has 8 heteroatoms. The summed E-state index contributed by atoms with van der Waals surface area (Å²) in [6.07, 6.45) is 0. The molecule has 32 heavy (non-hydrogen) atoms. The van der Waals surface area contributed by atoms with Crippen LogP contribution in [0.4, 0.5) is 10.2 Å². The molecule has 0 aliphatic carbocycles. The molecule has 6 nitrogen and oxygen atoms in total. The van der Waals surface area contributed by atoms with Gasteiger partial charge in [0.15, 0.2) is 5.82 Å². The fourth-order valence-corrected chi connectivity index (χ4v) is 3.75. The Labute approximate surface area is 190 Å². The molecule has 2 aromatic heterocycles. The lowest BCUT2D eigenvalue weighted by Crippen LogP contribution is -2.13. The van der Waals surface area contributed by atoms with Gasteiger partial charge >= 0.3 is 0 Å². The molecule has 0 fully saturated rings. The van der Waals surface area contributed by atoms with E-state index in [2.05, 4.69) is 15.5 Å². The smallest absolute Gasteiger partial charge is 0.256 e. The molecule has 164 valence electrons. The van der Waals surface area contributed by atoms with E-state index in [1.165, 1.54) is 6.07 Å². The van der Waals surface area contributed by atoms with Crippen LogP contribution < -0.4 is 5.32 Å². The summed E-state index contributed by atoms with van der Waals surface area (Å²) in [7, 11) is 0. The summed E-state index contributed by atoms with van der Waals surface area (Å²) in [4.78, 5) is 12.7. The third kappa shape index (κ3) is 4.73. The maximum absolute atomic E-state index is 14.1. The highest BCUT2D eigenvalue weighted by molar-refractivity contribution is 6.31. The van der Waals surface area contributed by atoms with E-state index in [9.17, 15) is 9.18 Å². The number of carbonyl (C=O) groups excluding carboxylic acids is 1. The molecule has 2 aromatic carbocycles. The van der Waals surface area contributed by atoms with Crippen molar-refractivity contribution in [2.45, 2.75) is 33.9 Å². The van der Waals surface area contributed by atoms with Gasteiger partial charge in [0, 0.05) is 33.6 Å². The van der Waals surface area contributed by atoms with Crippen LogP contribution in [-0.4, -0.2) is 25.5 Å². The van der Waals surface area contributed by atoms with Gasteiger partial charge in [0.2, 0.25) is 0 Å². The molecule has 2 heterocycles. The predicted octanol–water partition coefficient (Wildman–Crippen LogP) is 5.15. The van der Waals surface area contributed by atoms with E-state index >= 15 is 0 Å². The quantitative estimate of drug-likeness (QED) is 0.441. The first-order valence-electron chi connectivity index (χ1n) is 10.2. The van der Waals surface area contributed by atoms with Gasteiger partial charge in [-0.15, -0.1) is 0 Å². The number of carbonyl (C=O) groups is 1. The van der Waals surface area contributed by atoms with E-state index in [1.807, 2.05) is 43.7 Å². The van der Waals surface area contributed by atoms with Crippen molar-refractivity contribution in [3.8, 4) is 0 Å². The monoisotopic (exact) mass is 451 g/mol. The first-order valence-corrected chi connectivity index (χ1v) is 10.6. The number of rotatable bonds is 6. The maximum Gasteiger partial charge on any atom is 0.256 e. The molecule has 4 aromatic rings. The number of amides is 1. The maximum atomic E-state index is 14.1. The molecule has 0 aliphatic heterocycles. The lowest BCUT2D eigenvalue weighted by atomic mass is 10.1. The largest absolute Gasteiger partial charge is 0.305 e. The minimum absolute atomic E-state index is 0.175. The summed E-state index contributed by atoms with van der Waals surface area (Å²) < 4.78 is 17.6. The first-order chi connectivity index (χ1) is 15.3. The number of hydrogen-bond donors (Lipinski definition) is 1. The third-order valence-corrected chi connectivity index (χ3v) is 5.60. The minimum atomic E-state index is -0.390. The topological polar surface area (TPSA) is 64.7 Å². The van der Waals surface area contributed by atoms with Crippen LogP contribution in [0.5, 0.6) is 0 Å². The lowest BCUT2D eigenvalue weighted by molar-refractivity contribution is 0.102. The Morgan fingerprint density at radius 1 is 0.969 bits per heavy atom. The number of hydrogen-bond acceptors (Lipinski definition) is 3. The highest BCUT2D eigenvalue weighted by Crippen LogP contribution is 2.21. The standard InChI is InChI=1S/C24H23ClFN5O/c1-15-11-16(2)30(28-15)13-18-7-9-19(10-8-18)24(32)27-23-12-17(3)31(29-23)14-20-21(25)5-4-6-22(20)26/h4-12H,13-14H2,1-3H3,(H,27,29,32). The van der Waals surface area contributed by atoms with Crippen molar-refractivity contribution in [2.75, 3.05) is 5.32 Å². The van der Waals surface area contributed by atoms with Gasteiger partial charge in [0.1, 0.15) is 5.82 Å². The summed E-state index contributed by atoms with van der Waals surface area (Å²) in [6, 6.07) is 15.7. The zero-order valence-corrected chi connectivity index (χ0v) is 18.8. The summed E-state index contributed by atoms with van der Waals surface area (Å²) in [5, 5.41) is 12.0. The summed E-state index contributed by atoms with van der Waals surface area (Å²) in [5.74, 6) is -0.263. The van der Waals surface area contributed by atoms with Crippen LogP contribution >= 0.6 is 11.6 Å². The predicted molar refractivity (Wildman–Crippen MR) is 123 cm³/mol. The molecule has 0 atom stereocenters. The molecule has 0 radical (unpaired) electrons. The van der Waals surface area contributed by atoms with Crippen LogP contribution in [0.15, 0.2) is 54.6 Å². The average molecular weight is 452 g/mol. The van der Waals surface area contributed by atoms with Crippen molar-refractivity contribution in [2.24, 2.45) is 0 Å². The lowest BCUT2D eigenvalue weighted by Gasteiger charge is -2.08. The van der Waals surface area contributed by atoms with Crippen molar-refractivity contribution in [1.29, 1.82) is 0 Å². The van der Waals surface area contributed by atoms with Crippen molar-refractivity contribution >= 4 is 23.3 Å². The van der Waals surface area contributed by atoms with Crippen LogP contribution in [0.1, 0.15) is 38.6 Å². The number of aryl methyl sites for hydroxylation is 3. The molecule has 0 aliphatic rings. The van der Waals surface area contributed by atoms with Gasteiger partial charge in [-0.3, -0.25) is 14.2 Å². The van der Waals surface area contributed by atoms with Gasteiger partial charge in [-0.25, -0.2) is 4.39 Å². The van der Waals surface area contributed by atoms with Crippen molar-refractivity contribution in [1.82, 2.24) is 19.6 Å². The van der Waals surface area contributed by atoms with Crippen molar-refractivity contribution in [3.63, 3.8) is 0 Å². The molecule has 1 N–H and O–H groups in total.